The molecule has 192 valence electrons. The van der Waals surface area contributed by atoms with Crippen LogP contribution in [-0.2, 0) is 0 Å². The quantitative estimate of drug-likeness (QED) is 0.626. The van der Waals surface area contributed by atoms with E-state index in [1.165, 1.54) is 28.7 Å². The number of aliphatic hydroxyl groups excluding tert-OH is 1. The van der Waals surface area contributed by atoms with Crippen molar-refractivity contribution in [3.05, 3.63) is 59.5 Å². The monoisotopic (exact) mass is 496 g/mol. The molecule has 3 atom stereocenters. The van der Waals surface area contributed by atoms with E-state index in [0.29, 0.717) is 17.8 Å². The number of hydrogen-bond acceptors (Lipinski definition) is 5. The number of benzene rings is 1. The van der Waals surface area contributed by atoms with E-state index >= 15 is 0 Å². The third-order valence-electron chi connectivity index (χ3n) is 6.81. The van der Waals surface area contributed by atoms with Crippen molar-refractivity contribution >= 4 is 23.2 Å². The second-order valence-corrected chi connectivity index (χ2v) is 9.64. The average molecular weight is 497 g/mol. The normalized spacial score (nSPS) is 20.5. The molecule has 2 heterocycles. The van der Waals surface area contributed by atoms with Gasteiger partial charge in [-0.15, -0.1) is 0 Å². The molecule has 0 fully saturated rings. The molecule has 1 aromatic carbocycles. The Morgan fingerprint density at radius 3 is 2.89 bits per heavy atom. The maximum Gasteiger partial charge on any atom is 0.321 e. The lowest BCUT2D eigenvalue weighted by Crippen LogP contribution is -2.50. The van der Waals surface area contributed by atoms with E-state index < -0.39 is 24.0 Å². The number of fused-ring (bicyclic) bond motifs is 1. The standard InChI is InChI=1S/C27H33FN4O4/c1-17-14-32(18(2)16-33)26(34)23-11-20(19-7-4-5-8-19)13-29-25(23)36-24(17)15-31(3)27(35)30-22-10-6-9-21(28)12-22/h6-7,9-13,17-18,24,33H,4-5,8,14-16H2,1-3H3,(H,30,35)/t17-,18+,24-/m0/s1. The van der Waals surface area contributed by atoms with E-state index in [2.05, 4.69) is 16.4 Å². The highest BCUT2D eigenvalue weighted by molar-refractivity contribution is 5.97. The Morgan fingerprint density at radius 2 is 2.19 bits per heavy atom. The van der Waals surface area contributed by atoms with Crippen LogP contribution in [0.15, 0.2) is 42.6 Å². The number of amides is 3. The topological polar surface area (TPSA) is 95.0 Å². The number of nitrogens with one attached hydrogen (secondary N) is 1. The van der Waals surface area contributed by atoms with Crippen LogP contribution in [0.2, 0.25) is 0 Å². The van der Waals surface area contributed by atoms with Gasteiger partial charge < -0.3 is 25.0 Å². The van der Waals surface area contributed by atoms with Crippen molar-refractivity contribution in [2.24, 2.45) is 5.92 Å². The number of hydrogen-bond donors (Lipinski definition) is 2. The summed E-state index contributed by atoms with van der Waals surface area (Å²) < 4.78 is 19.8. The van der Waals surface area contributed by atoms with Crippen LogP contribution in [0.25, 0.3) is 5.57 Å². The molecule has 0 bridgehead atoms. The number of ether oxygens (including phenoxy) is 1. The molecule has 2 aliphatic rings. The molecule has 4 rings (SSSR count). The fourth-order valence-corrected chi connectivity index (χ4v) is 4.57. The molecular formula is C27H33FN4O4. The summed E-state index contributed by atoms with van der Waals surface area (Å²) in [4.78, 5) is 34.0. The van der Waals surface area contributed by atoms with Crippen LogP contribution >= 0.6 is 0 Å². The fraction of sp³-hybridized carbons (Fsp3) is 0.444. The highest BCUT2D eigenvalue weighted by atomic mass is 19.1. The maximum absolute atomic E-state index is 13.5. The molecule has 0 unspecified atom stereocenters. The first-order chi connectivity index (χ1) is 17.3. The summed E-state index contributed by atoms with van der Waals surface area (Å²) in [5.74, 6) is -0.625. The Hall–Kier alpha value is -3.46. The van der Waals surface area contributed by atoms with Crippen LogP contribution in [0.1, 0.15) is 49.0 Å². The summed E-state index contributed by atoms with van der Waals surface area (Å²) in [7, 11) is 1.63. The van der Waals surface area contributed by atoms with Crippen LogP contribution < -0.4 is 10.1 Å². The zero-order chi connectivity index (χ0) is 25.8. The number of anilines is 1. The number of aliphatic hydroxyl groups is 1. The van der Waals surface area contributed by atoms with Crippen molar-refractivity contribution in [3.8, 4) is 5.88 Å². The van der Waals surface area contributed by atoms with Crippen molar-refractivity contribution < 1.29 is 23.8 Å². The number of nitrogens with zero attached hydrogens (tertiary/aromatic N) is 3. The predicted octanol–water partition coefficient (Wildman–Crippen LogP) is 4.17. The second-order valence-electron chi connectivity index (χ2n) is 9.64. The molecule has 2 N–H and O–H groups in total. The molecule has 0 saturated carbocycles. The maximum atomic E-state index is 13.5. The van der Waals surface area contributed by atoms with Gasteiger partial charge in [0.25, 0.3) is 5.91 Å². The van der Waals surface area contributed by atoms with Crippen LogP contribution in [-0.4, -0.2) is 70.7 Å². The number of pyridine rings is 1. The lowest BCUT2D eigenvalue weighted by molar-refractivity contribution is 0.0356. The van der Waals surface area contributed by atoms with Gasteiger partial charge in [0.2, 0.25) is 5.88 Å². The van der Waals surface area contributed by atoms with E-state index in [-0.39, 0.29) is 30.9 Å². The number of halogens is 1. The minimum absolute atomic E-state index is 0.167. The third-order valence-corrected chi connectivity index (χ3v) is 6.81. The van der Waals surface area contributed by atoms with Crippen LogP contribution in [0.5, 0.6) is 5.88 Å². The SMILES string of the molecule is C[C@H](CO)N1C[C@H](C)[C@H](CN(C)C(=O)Nc2cccc(F)c2)Oc2ncc(C3=CCCC3)cc2C1=O. The van der Waals surface area contributed by atoms with Gasteiger partial charge in [0.05, 0.1) is 19.2 Å². The highest BCUT2D eigenvalue weighted by Crippen LogP contribution is 2.32. The van der Waals surface area contributed by atoms with Gasteiger partial charge >= 0.3 is 6.03 Å². The van der Waals surface area contributed by atoms with Crippen LogP contribution in [0.4, 0.5) is 14.9 Å². The molecule has 36 heavy (non-hydrogen) atoms. The Labute approximate surface area is 210 Å². The van der Waals surface area contributed by atoms with E-state index in [0.717, 1.165) is 24.8 Å². The van der Waals surface area contributed by atoms with E-state index in [4.69, 9.17) is 4.74 Å². The molecule has 0 saturated heterocycles. The van der Waals surface area contributed by atoms with Crippen LogP contribution in [0.3, 0.4) is 0 Å². The van der Waals surface area contributed by atoms with Crippen molar-refractivity contribution in [1.29, 1.82) is 0 Å². The van der Waals surface area contributed by atoms with E-state index in [1.54, 1.807) is 31.1 Å². The number of rotatable bonds is 6. The van der Waals surface area contributed by atoms with Gasteiger partial charge in [-0.3, -0.25) is 4.79 Å². The number of urea groups is 1. The van der Waals surface area contributed by atoms with Crippen LogP contribution in [0, 0.1) is 11.7 Å². The average Bonchev–Trinajstić information content (AvgIpc) is 3.40. The first kappa shape index (κ1) is 25.6. The lowest BCUT2D eigenvalue weighted by Gasteiger charge is -2.37. The zero-order valence-corrected chi connectivity index (χ0v) is 20.9. The van der Waals surface area contributed by atoms with Crippen molar-refractivity contribution in [2.45, 2.75) is 45.3 Å². The van der Waals surface area contributed by atoms with E-state index in [1.807, 2.05) is 13.0 Å². The Morgan fingerprint density at radius 1 is 1.39 bits per heavy atom. The lowest BCUT2D eigenvalue weighted by atomic mass is 9.99. The van der Waals surface area contributed by atoms with Crippen molar-refractivity contribution in [3.63, 3.8) is 0 Å². The summed E-state index contributed by atoms with van der Waals surface area (Å²) in [5.41, 5.74) is 2.77. The molecule has 1 aromatic heterocycles. The second kappa shape index (κ2) is 11.1. The molecule has 1 aliphatic heterocycles. The number of carbonyl (C=O) groups is 2. The molecule has 2 aromatic rings. The Balaban J connectivity index is 1.59. The Bertz CT molecular complexity index is 1150. The summed E-state index contributed by atoms with van der Waals surface area (Å²) in [6.45, 7) is 4.13. The molecule has 3 amide bonds. The fourth-order valence-electron chi connectivity index (χ4n) is 4.57. The van der Waals surface area contributed by atoms with Gasteiger partial charge in [-0.1, -0.05) is 19.1 Å². The number of aromatic nitrogens is 1. The molecule has 0 radical (unpaired) electrons. The number of likely N-dealkylation sites (N-methyl/N-ethyl adjacent to an activating group) is 1. The zero-order valence-electron chi connectivity index (χ0n) is 20.9. The predicted molar refractivity (Wildman–Crippen MR) is 135 cm³/mol. The van der Waals surface area contributed by atoms with Crippen molar-refractivity contribution in [1.82, 2.24) is 14.8 Å². The van der Waals surface area contributed by atoms with Gasteiger partial charge in [0.1, 0.15) is 17.5 Å². The summed E-state index contributed by atoms with van der Waals surface area (Å²) in [6, 6.07) is 6.72. The highest BCUT2D eigenvalue weighted by Gasteiger charge is 2.35. The minimum Gasteiger partial charge on any atom is -0.472 e. The van der Waals surface area contributed by atoms with Crippen molar-refractivity contribution in [2.75, 3.05) is 32.1 Å². The molecule has 9 heteroatoms. The summed E-state index contributed by atoms with van der Waals surface area (Å²) in [6.07, 6.45) is 6.45. The smallest absolute Gasteiger partial charge is 0.321 e. The van der Waals surface area contributed by atoms with Gasteiger partial charge in [0, 0.05) is 31.4 Å². The summed E-state index contributed by atoms with van der Waals surface area (Å²) >= 11 is 0. The number of allylic oxidation sites excluding steroid dienone is 2. The Kier molecular flexibility index (Phi) is 7.88. The number of carbonyl (C=O) groups excluding carboxylic acids is 2. The van der Waals surface area contributed by atoms with Gasteiger partial charge in [-0.25, -0.2) is 14.2 Å². The first-order valence-corrected chi connectivity index (χ1v) is 12.3. The molecule has 0 spiro atoms. The minimum atomic E-state index is -0.474. The largest absolute Gasteiger partial charge is 0.472 e. The van der Waals surface area contributed by atoms with E-state index in [9.17, 15) is 19.1 Å². The molecular weight excluding hydrogens is 463 g/mol. The van der Waals surface area contributed by atoms with Gasteiger partial charge in [-0.2, -0.15) is 0 Å². The summed E-state index contributed by atoms with van der Waals surface area (Å²) in [5, 5.41) is 12.5. The van der Waals surface area contributed by atoms with Gasteiger partial charge in [-0.05, 0) is 61.6 Å². The third kappa shape index (κ3) is 5.67. The van der Waals surface area contributed by atoms with Gasteiger partial charge in [0.15, 0.2) is 0 Å². The molecule has 8 nitrogen and oxygen atoms in total. The molecule has 1 aliphatic carbocycles. The first-order valence-electron chi connectivity index (χ1n) is 12.3.